The molecule has 0 spiro atoms. The zero-order valence-electron chi connectivity index (χ0n) is 20.0. The van der Waals surface area contributed by atoms with E-state index in [1.807, 2.05) is 6.08 Å². The highest BCUT2D eigenvalue weighted by molar-refractivity contribution is 5.86. The predicted molar refractivity (Wildman–Crippen MR) is 122 cm³/mol. The monoisotopic (exact) mass is 490 g/mol. The molecule has 35 heavy (non-hydrogen) atoms. The summed E-state index contributed by atoms with van der Waals surface area (Å²) in [6.45, 7) is 6.04. The average Bonchev–Trinajstić information content (AvgIpc) is 3.45. The molecule has 0 aromatic carbocycles. The number of hydrogen-bond acceptors (Lipinski definition) is 8. The number of nitrogens with one attached hydrogen (secondary N) is 1. The Morgan fingerprint density at radius 3 is 2.77 bits per heavy atom. The summed E-state index contributed by atoms with van der Waals surface area (Å²) in [4.78, 5) is 38.6. The van der Waals surface area contributed by atoms with Crippen LogP contribution in [0, 0.1) is 5.92 Å². The first kappa shape index (κ1) is 24.8. The highest BCUT2D eigenvalue weighted by atomic mass is 19.1. The van der Waals surface area contributed by atoms with Crippen LogP contribution in [0.15, 0.2) is 29.9 Å². The molecule has 0 radical (unpaired) electrons. The van der Waals surface area contributed by atoms with Crippen LogP contribution in [0.2, 0.25) is 0 Å². The molecule has 2 saturated heterocycles. The molecule has 2 amide bonds. The van der Waals surface area contributed by atoms with Gasteiger partial charge in [-0.25, -0.2) is 14.0 Å². The van der Waals surface area contributed by atoms with E-state index in [0.717, 1.165) is 25.9 Å². The first-order valence-electron chi connectivity index (χ1n) is 11.9. The number of carbonyl (C=O) groups excluding carboxylic acids is 3. The lowest BCUT2D eigenvalue weighted by Crippen LogP contribution is -2.43. The molecule has 0 saturated carbocycles. The van der Waals surface area contributed by atoms with E-state index in [4.69, 9.17) is 9.47 Å². The summed E-state index contributed by atoms with van der Waals surface area (Å²) in [5.74, 6) is -0.596. The van der Waals surface area contributed by atoms with Gasteiger partial charge in [0.15, 0.2) is 5.69 Å². The van der Waals surface area contributed by atoms with Gasteiger partial charge >= 0.3 is 12.1 Å². The van der Waals surface area contributed by atoms with E-state index in [-0.39, 0.29) is 43.2 Å². The van der Waals surface area contributed by atoms with Crippen LogP contribution in [0.4, 0.5) is 9.18 Å². The standard InChI is InChI=1S/C23H31FN6O5/c1-3-34-22(32)20-14-29(27-26-20)12-16-6-8-28(9-7-16)21-5-4-17(10-19(21)24)30-13-18(35-23(30)33)11-25-15(2)31/h4,10,14,16,18,21H,3,5-9,11-13H2,1-2H3,(H,25,31)/t18-,21?/m0/s1. The fourth-order valence-electron chi connectivity index (χ4n) is 4.65. The van der Waals surface area contributed by atoms with Crippen LogP contribution in [0.1, 0.15) is 43.6 Å². The quantitative estimate of drug-likeness (QED) is 0.547. The molecule has 11 nitrogen and oxygen atoms in total. The molecule has 1 aliphatic carbocycles. The van der Waals surface area contributed by atoms with Crippen molar-refractivity contribution < 1.29 is 28.2 Å². The lowest BCUT2D eigenvalue weighted by Gasteiger charge is -2.37. The fourth-order valence-corrected chi connectivity index (χ4v) is 4.65. The molecular formula is C23H31FN6O5. The van der Waals surface area contributed by atoms with Gasteiger partial charge in [0, 0.05) is 19.2 Å². The van der Waals surface area contributed by atoms with E-state index in [1.54, 1.807) is 17.8 Å². The molecule has 2 atom stereocenters. The van der Waals surface area contributed by atoms with Crippen LogP contribution in [0.3, 0.4) is 0 Å². The minimum absolute atomic E-state index is 0.198. The highest BCUT2D eigenvalue weighted by Crippen LogP contribution is 2.31. The Bertz CT molecular complexity index is 1020. The molecule has 2 aliphatic heterocycles. The van der Waals surface area contributed by atoms with Crippen molar-refractivity contribution in [2.75, 3.05) is 32.8 Å². The summed E-state index contributed by atoms with van der Waals surface area (Å²) in [5, 5.41) is 10.5. The van der Waals surface area contributed by atoms with Gasteiger partial charge in [0.1, 0.15) is 11.9 Å². The van der Waals surface area contributed by atoms with Gasteiger partial charge in [-0.3, -0.25) is 19.3 Å². The number of amides is 2. The van der Waals surface area contributed by atoms with Crippen LogP contribution in [0.25, 0.3) is 0 Å². The Balaban J connectivity index is 1.26. The molecule has 2 fully saturated rings. The molecule has 3 heterocycles. The maximum Gasteiger partial charge on any atom is 0.414 e. The summed E-state index contributed by atoms with van der Waals surface area (Å²) in [6.07, 6.45) is 6.10. The number of cyclic esters (lactones) is 1. The maximum atomic E-state index is 15.1. The molecule has 4 rings (SSSR count). The Morgan fingerprint density at radius 1 is 1.31 bits per heavy atom. The second-order valence-electron chi connectivity index (χ2n) is 8.99. The summed E-state index contributed by atoms with van der Waals surface area (Å²) >= 11 is 0. The van der Waals surface area contributed by atoms with Crippen LogP contribution in [0.5, 0.6) is 0 Å². The zero-order valence-corrected chi connectivity index (χ0v) is 20.0. The number of carbonyl (C=O) groups is 3. The number of allylic oxidation sites excluding steroid dienone is 1. The summed E-state index contributed by atoms with van der Waals surface area (Å²) in [6, 6.07) is -0.352. The van der Waals surface area contributed by atoms with Gasteiger partial charge in [-0.1, -0.05) is 11.3 Å². The molecule has 3 aliphatic rings. The third-order valence-electron chi connectivity index (χ3n) is 6.48. The fraction of sp³-hybridized carbons (Fsp3) is 0.609. The molecule has 1 N–H and O–H groups in total. The highest BCUT2D eigenvalue weighted by Gasteiger charge is 2.36. The van der Waals surface area contributed by atoms with Gasteiger partial charge in [0.25, 0.3) is 0 Å². The molecular weight excluding hydrogens is 459 g/mol. The van der Waals surface area contributed by atoms with E-state index in [1.165, 1.54) is 17.9 Å². The van der Waals surface area contributed by atoms with Crippen molar-refractivity contribution in [1.29, 1.82) is 0 Å². The summed E-state index contributed by atoms with van der Waals surface area (Å²) in [7, 11) is 0. The van der Waals surface area contributed by atoms with Crippen molar-refractivity contribution in [3.63, 3.8) is 0 Å². The molecule has 1 unspecified atom stereocenters. The van der Waals surface area contributed by atoms with Crippen LogP contribution in [-0.4, -0.2) is 87.7 Å². The number of nitrogens with zero attached hydrogens (tertiary/aromatic N) is 5. The summed E-state index contributed by atoms with van der Waals surface area (Å²) in [5.41, 5.74) is 0.692. The van der Waals surface area contributed by atoms with E-state index in [0.29, 0.717) is 24.6 Å². The van der Waals surface area contributed by atoms with Crippen LogP contribution < -0.4 is 5.32 Å². The number of hydrogen-bond donors (Lipinski definition) is 1. The van der Waals surface area contributed by atoms with E-state index in [9.17, 15) is 14.4 Å². The van der Waals surface area contributed by atoms with Crippen LogP contribution >= 0.6 is 0 Å². The number of halogens is 1. The Hall–Kier alpha value is -3.28. The van der Waals surface area contributed by atoms with Crippen molar-refractivity contribution in [3.05, 3.63) is 35.6 Å². The lowest BCUT2D eigenvalue weighted by molar-refractivity contribution is -0.119. The molecule has 12 heteroatoms. The first-order valence-corrected chi connectivity index (χ1v) is 11.9. The van der Waals surface area contributed by atoms with Crippen LogP contribution in [-0.2, 0) is 20.8 Å². The van der Waals surface area contributed by atoms with Crippen molar-refractivity contribution in [2.45, 2.75) is 51.8 Å². The second kappa shape index (κ2) is 11.0. The van der Waals surface area contributed by atoms with Crippen molar-refractivity contribution in [2.24, 2.45) is 5.92 Å². The molecule has 0 bridgehead atoms. The average molecular weight is 491 g/mol. The third kappa shape index (κ3) is 6.05. The molecule has 190 valence electrons. The maximum absolute atomic E-state index is 15.1. The number of rotatable bonds is 8. The second-order valence-corrected chi connectivity index (χ2v) is 8.99. The smallest absolute Gasteiger partial charge is 0.414 e. The number of ether oxygens (including phenoxy) is 2. The van der Waals surface area contributed by atoms with Gasteiger partial charge < -0.3 is 14.8 Å². The Kier molecular flexibility index (Phi) is 7.79. The number of esters is 1. The van der Waals surface area contributed by atoms with Crippen molar-refractivity contribution in [1.82, 2.24) is 30.1 Å². The third-order valence-corrected chi connectivity index (χ3v) is 6.48. The SMILES string of the molecule is CCOC(=O)c1cn(CC2CCN(C3CC=C(N4C[C@H](CNC(C)=O)OC4=O)C=C3F)CC2)nn1. The van der Waals surface area contributed by atoms with Gasteiger partial charge in [-0.05, 0) is 51.3 Å². The number of aromatic nitrogens is 3. The van der Waals surface area contributed by atoms with E-state index < -0.39 is 18.2 Å². The zero-order chi connectivity index (χ0) is 24.9. The van der Waals surface area contributed by atoms with Crippen molar-refractivity contribution >= 4 is 18.0 Å². The first-order chi connectivity index (χ1) is 16.8. The van der Waals surface area contributed by atoms with Gasteiger partial charge in [0.2, 0.25) is 5.91 Å². The van der Waals surface area contributed by atoms with Crippen molar-refractivity contribution in [3.8, 4) is 0 Å². The van der Waals surface area contributed by atoms with E-state index >= 15 is 4.39 Å². The topological polar surface area (TPSA) is 119 Å². The predicted octanol–water partition coefficient (Wildman–Crippen LogP) is 1.63. The summed E-state index contributed by atoms with van der Waals surface area (Å²) < 4.78 is 27.0. The minimum Gasteiger partial charge on any atom is -0.461 e. The Morgan fingerprint density at radius 2 is 2.09 bits per heavy atom. The largest absolute Gasteiger partial charge is 0.461 e. The lowest BCUT2D eigenvalue weighted by atomic mass is 9.93. The molecule has 1 aromatic rings. The number of piperidine rings is 1. The normalized spacial score (nSPS) is 23.5. The Labute approximate surface area is 202 Å². The number of likely N-dealkylation sites (tertiary alicyclic amines) is 1. The minimum atomic E-state index is -0.533. The van der Waals surface area contributed by atoms with Gasteiger partial charge in [-0.15, -0.1) is 5.10 Å². The van der Waals surface area contributed by atoms with Gasteiger partial charge in [-0.2, -0.15) is 0 Å². The van der Waals surface area contributed by atoms with E-state index in [2.05, 4.69) is 20.5 Å². The van der Waals surface area contributed by atoms with Gasteiger partial charge in [0.05, 0.1) is 31.9 Å². The molecule has 1 aromatic heterocycles.